The SMILES string of the molecule is COc1ccc(/C=C2/NC(=S)N(c3ccccc3)C2=O)cc1CSc1nc(C)cc(C(F)F)n1. The second-order valence-corrected chi connectivity index (χ2v) is 8.67. The van der Waals surface area contributed by atoms with E-state index in [2.05, 4.69) is 15.3 Å². The molecular formula is C24H20F2N4O2S2. The highest BCUT2D eigenvalue weighted by Crippen LogP contribution is 2.30. The first-order valence-corrected chi connectivity index (χ1v) is 11.6. The maximum absolute atomic E-state index is 13.1. The molecule has 174 valence electrons. The molecule has 0 radical (unpaired) electrons. The number of benzene rings is 2. The molecule has 1 aromatic heterocycles. The molecule has 1 N–H and O–H groups in total. The third-order valence-corrected chi connectivity index (χ3v) is 6.12. The molecule has 0 atom stereocenters. The van der Waals surface area contributed by atoms with Gasteiger partial charge >= 0.3 is 0 Å². The van der Waals surface area contributed by atoms with E-state index >= 15 is 0 Å². The maximum atomic E-state index is 13.1. The van der Waals surface area contributed by atoms with Crippen molar-refractivity contribution in [3.05, 3.63) is 82.8 Å². The van der Waals surface area contributed by atoms with Gasteiger partial charge in [0.1, 0.15) is 17.1 Å². The van der Waals surface area contributed by atoms with E-state index in [0.717, 1.165) is 11.1 Å². The van der Waals surface area contributed by atoms with Crippen LogP contribution in [-0.2, 0) is 10.5 Å². The van der Waals surface area contributed by atoms with Gasteiger partial charge in [0.05, 0.1) is 12.8 Å². The zero-order valence-electron chi connectivity index (χ0n) is 18.3. The Bertz CT molecular complexity index is 1270. The lowest BCUT2D eigenvalue weighted by atomic mass is 10.1. The fraction of sp³-hybridized carbons (Fsp3) is 0.167. The molecular weight excluding hydrogens is 478 g/mol. The van der Waals surface area contributed by atoms with E-state index in [9.17, 15) is 13.6 Å². The molecule has 0 aliphatic carbocycles. The summed E-state index contributed by atoms with van der Waals surface area (Å²) < 4.78 is 31.6. The quantitative estimate of drug-likeness (QED) is 0.206. The number of carbonyl (C=O) groups is 1. The number of alkyl halides is 2. The minimum absolute atomic E-state index is 0.254. The third-order valence-electron chi connectivity index (χ3n) is 4.94. The van der Waals surface area contributed by atoms with Crippen LogP contribution >= 0.6 is 24.0 Å². The zero-order valence-corrected chi connectivity index (χ0v) is 19.9. The van der Waals surface area contributed by atoms with Gasteiger partial charge in [-0.3, -0.25) is 9.69 Å². The van der Waals surface area contributed by atoms with Gasteiger partial charge in [-0.2, -0.15) is 0 Å². The molecule has 1 saturated heterocycles. The van der Waals surface area contributed by atoms with Crippen molar-refractivity contribution in [1.82, 2.24) is 15.3 Å². The predicted molar refractivity (Wildman–Crippen MR) is 132 cm³/mol. The Balaban J connectivity index is 1.57. The summed E-state index contributed by atoms with van der Waals surface area (Å²) >= 11 is 6.59. The molecule has 3 aromatic rings. The number of amides is 1. The molecule has 0 spiro atoms. The predicted octanol–water partition coefficient (Wildman–Crippen LogP) is 5.29. The van der Waals surface area contributed by atoms with Gasteiger partial charge < -0.3 is 10.1 Å². The smallest absolute Gasteiger partial charge is 0.281 e. The van der Waals surface area contributed by atoms with Gasteiger partial charge in [-0.25, -0.2) is 18.7 Å². The van der Waals surface area contributed by atoms with E-state index in [1.165, 1.54) is 22.7 Å². The molecule has 6 nitrogen and oxygen atoms in total. The topological polar surface area (TPSA) is 67.3 Å². The van der Waals surface area contributed by atoms with E-state index in [0.29, 0.717) is 33.7 Å². The largest absolute Gasteiger partial charge is 0.496 e. The number of aromatic nitrogens is 2. The lowest BCUT2D eigenvalue weighted by Gasteiger charge is -2.13. The van der Waals surface area contributed by atoms with Crippen LogP contribution in [0.4, 0.5) is 14.5 Å². The first-order valence-electron chi connectivity index (χ1n) is 10.2. The lowest BCUT2D eigenvalue weighted by Crippen LogP contribution is -2.30. The number of methoxy groups -OCH3 is 1. The number of hydrogen-bond donors (Lipinski definition) is 1. The number of rotatable bonds is 7. The summed E-state index contributed by atoms with van der Waals surface area (Å²) in [6.07, 6.45) is -0.952. The first kappa shape index (κ1) is 23.8. The Morgan fingerprint density at radius 1 is 1.18 bits per heavy atom. The number of halogens is 2. The first-order chi connectivity index (χ1) is 16.4. The average Bonchev–Trinajstić information content (AvgIpc) is 3.10. The minimum Gasteiger partial charge on any atom is -0.496 e. The summed E-state index contributed by atoms with van der Waals surface area (Å²) in [5, 5.41) is 3.54. The second kappa shape index (κ2) is 10.3. The Hall–Kier alpha value is -3.37. The van der Waals surface area contributed by atoms with Crippen LogP contribution in [0.1, 0.15) is 28.9 Å². The molecule has 0 unspecified atom stereocenters. The summed E-state index contributed by atoms with van der Waals surface area (Å²) in [6, 6.07) is 15.9. The number of aryl methyl sites for hydroxylation is 1. The second-order valence-electron chi connectivity index (χ2n) is 7.34. The van der Waals surface area contributed by atoms with Crippen molar-refractivity contribution in [1.29, 1.82) is 0 Å². The van der Waals surface area contributed by atoms with Crippen LogP contribution in [0.5, 0.6) is 5.75 Å². The number of hydrogen-bond acceptors (Lipinski definition) is 6. The molecule has 1 aliphatic rings. The van der Waals surface area contributed by atoms with Gasteiger partial charge in [-0.1, -0.05) is 36.0 Å². The van der Waals surface area contributed by atoms with Crippen molar-refractivity contribution in [2.45, 2.75) is 24.3 Å². The zero-order chi connectivity index (χ0) is 24.2. The van der Waals surface area contributed by atoms with Crippen molar-refractivity contribution in [3.8, 4) is 5.75 Å². The van der Waals surface area contributed by atoms with Crippen LogP contribution in [0.2, 0.25) is 0 Å². The van der Waals surface area contributed by atoms with E-state index in [4.69, 9.17) is 17.0 Å². The molecule has 34 heavy (non-hydrogen) atoms. The van der Waals surface area contributed by atoms with Gasteiger partial charge in [0.25, 0.3) is 12.3 Å². The van der Waals surface area contributed by atoms with Crippen molar-refractivity contribution >= 4 is 46.8 Å². The number of thiocarbonyl (C=S) groups is 1. The van der Waals surface area contributed by atoms with Crippen molar-refractivity contribution in [2.75, 3.05) is 12.0 Å². The summed E-state index contributed by atoms with van der Waals surface area (Å²) in [6.45, 7) is 1.65. The Morgan fingerprint density at radius 2 is 1.94 bits per heavy atom. The number of thioether (sulfide) groups is 1. The Labute approximate surface area is 205 Å². The highest BCUT2D eigenvalue weighted by Gasteiger charge is 2.31. The van der Waals surface area contributed by atoms with Crippen LogP contribution in [-0.4, -0.2) is 28.1 Å². The number of nitrogens with zero attached hydrogens (tertiary/aromatic N) is 3. The monoisotopic (exact) mass is 498 g/mol. The van der Waals surface area contributed by atoms with E-state index in [1.54, 1.807) is 26.2 Å². The molecule has 2 aromatic carbocycles. The Kier molecular flexibility index (Phi) is 7.18. The highest BCUT2D eigenvalue weighted by atomic mass is 32.2. The van der Waals surface area contributed by atoms with E-state index in [-0.39, 0.29) is 16.8 Å². The van der Waals surface area contributed by atoms with Gasteiger partial charge in [-0.05, 0) is 61.1 Å². The van der Waals surface area contributed by atoms with Gasteiger partial charge in [-0.15, -0.1) is 0 Å². The molecule has 10 heteroatoms. The molecule has 2 heterocycles. The fourth-order valence-electron chi connectivity index (χ4n) is 3.40. The number of para-hydroxylation sites is 1. The molecule has 1 aliphatic heterocycles. The van der Waals surface area contributed by atoms with E-state index < -0.39 is 6.43 Å². The summed E-state index contributed by atoms with van der Waals surface area (Å²) in [5.74, 6) is 0.765. The molecule has 0 saturated carbocycles. The van der Waals surface area contributed by atoms with Crippen molar-refractivity contribution in [3.63, 3.8) is 0 Å². The van der Waals surface area contributed by atoms with Crippen LogP contribution in [0, 0.1) is 6.92 Å². The minimum atomic E-state index is -2.66. The number of nitrogens with one attached hydrogen (secondary N) is 1. The van der Waals surface area contributed by atoms with Gasteiger partial charge in [0.15, 0.2) is 10.3 Å². The van der Waals surface area contributed by atoms with Crippen LogP contribution < -0.4 is 15.0 Å². The Morgan fingerprint density at radius 3 is 2.65 bits per heavy atom. The standard InChI is InChI=1S/C24H20F2N4O2S2/c1-14-10-18(21(25)26)28-23(27-14)34-13-16-11-15(8-9-20(16)32-2)12-19-22(31)30(24(33)29-19)17-6-4-3-5-7-17/h3-12,21H,13H2,1-2H3,(H,29,33)/b19-12+. The fourth-order valence-corrected chi connectivity index (χ4v) is 4.58. The summed E-state index contributed by atoms with van der Waals surface area (Å²) in [4.78, 5) is 22.6. The van der Waals surface area contributed by atoms with Crippen molar-refractivity contribution in [2.24, 2.45) is 0 Å². The number of ether oxygens (including phenoxy) is 1. The van der Waals surface area contributed by atoms with Gasteiger partial charge in [0, 0.05) is 17.0 Å². The molecule has 1 amide bonds. The summed E-state index contributed by atoms with van der Waals surface area (Å²) in [5.41, 5.74) is 2.76. The highest BCUT2D eigenvalue weighted by molar-refractivity contribution is 7.98. The normalized spacial score (nSPS) is 14.7. The van der Waals surface area contributed by atoms with Crippen LogP contribution in [0.25, 0.3) is 6.08 Å². The molecule has 0 bridgehead atoms. The van der Waals surface area contributed by atoms with Crippen LogP contribution in [0.3, 0.4) is 0 Å². The van der Waals surface area contributed by atoms with Gasteiger partial charge in [0.2, 0.25) is 0 Å². The molecule has 1 fully saturated rings. The van der Waals surface area contributed by atoms with Crippen LogP contribution in [0.15, 0.2) is 65.5 Å². The van der Waals surface area contributed by atoms with E-state index in [1.807, 2.05) is 42.5 Å². The van der Waals surface area contributed by atoms with Crippen molar-refractivity contribution < 1.29 is 18.3 Å². The maximum Gasteiger partial charge on any atom is 0.281 e. The lowest BCUT2D eigenvalue weighted by molar-refractivity contribution is -0.113. The molecule has 4 rings (SSSR count). The average molecular weight is 499 g/mol. The summed E-state index contributed by atoms with van der Waals surface area (Å²) in [7, 11) is 1.55. The third kappa shape index (κ3) is 5.23. The number of anilines is 1. The number of carbonyl (C=O) groups excluding carboxylic acids is 1.